The summed E-state index contributed by atoms with van der Waals surface area (Å²) in [5.74, 6) is 0.662. The molecule has 2 aromatic carbocycles. The third-order valence-corrected chi connectivity index (χ3v) is 3.02. The zero-order valence-electron chi connectivity index (χ0n) is 11.7. The van der Waals surface area contributed by atoms with Crippen LogP contribution < -0.4 is 15.4 Å². The second kappa shape index (κ2) is 7.31. The van der Waals surface area contributed by atoms with Gasteiger partial charge in [-0.05, 0) is 17.7 Å². The number of anilines is 1. The van der Waals surface area contributed by atoms with Crippen LogP contribution in [0.3, 0.4) is 0 Å². The number of hydrogen-bond donors (Lipinski definition) is 3. The molecule has 21 heavy (non-hydrogen) atoms. The Morgan fingerprint density at radius 2 is 1.95 bits per heavy atom. The molecule has 2 amide bonds. The van der Waals surface area contributed by atoms with E-state index in [0.29, 0.717) is 11.4 Å². The Morgan fingerprint density at radius 1 is 1.19 bits per heavy atom. The van der Waals surface area contributed by atoms with Crippen LogP contribution >= 0.6 is 0 Å². The molecule has 0 aliphatic carbocycles. The molecule has 0 spiro atoms. The van der Waals surface area contributed by atoms with Crippen LogP contribution in [0.1, 0.15) is 11.6 Å². The Balaban J connectivity index is 2.00. The molecule has 5 nitrogen and oxygen atoms in total. The van der Waals surface area contributed by atoms with Gasteiger partial charge in [0.2, 0.25) is 0 Å². The maximum absolute atomic E-state index is 12.0. The average molecular weight is 286 g/mol. The Kier molecular flexibility index (Phi) is 5.17. The van der Waals surface area contributed by atoms with E-state index in [4.69, 9.17) is 4.74 Å². The number of benzene rings is 2. The largest absolute Gasteiger partial charge is 0.497 e. The molecule has 2 rings (SSSR count). The lowest BCUT2D eigenvalue weighted by atomic mass is 10.1. The number of amides is 2. The predicted octanol–water partition coefficient (Wildman–Crippen LogP) is 2.55. The summed E-state index contributed by atoms with van der Waals surface area (Å²) in [5, 5.41) is 14.9. The van der Waals surface area contributed by atoms with Gasteiger partial charge in [-0.1, -0.05) is 36.4 Å². The van der Waals surface area contributed by atoms with Crippen LogP contribution in [0.4, 0.5) is 10.5 Å². The van der Waals surface area contributed by atoms with Gasteiger partial charge in [0.25, 0.3) is 0 Å². The minimum absolute atomic E-state index is 0.171. The molecule has 2 aromatic rings. The van der Waals surface area contributed by atoms with Crippen LogP contribution in [0.5, 0.6) is 5.75 Å². The van der Waals surface area contributed by atoms with Crippen molar-refractivity contribution in [2.24, 2.45) is 0 Å². The zero-order valence-corrected chi connectivity index (χ0v) is 11.7. The van der Waals surface area contributed by atoms with Gasteiger partial charge in [0.15, 0.2) is 0 Å². The van der Waals surface area contributed by atoms with Crippen LogP contribution in [0.25, 0.3) is 0 Å². The van der Waals surface area contributed by atoms with Crippen molar-refractivity contribution < 1.29 is 14.6 Å². The van der Waals surface area contributed by atoms with Gasteiger partial charge in [0.1, 0.15) is 5.75 Å². The molecule has 110 valence electrons. The molecular weight excluding hydrogens is 268 g/mol. The van der Waals surface area contributed by atoms with Crippen LogP contribution in [-0.2, 0) is 0 Å². The highest BCUT2D eigenvalue weighted by Gasteiger charge is 2.13. The van der Waals surface area contributed by atoms with Gasteiger partial charge < -0.3 is 20.5 Å². The number of aliphatic hydroxyl groups excluding tert-OH is 1. The van der Waals surface area contributed by atoms with Crippen molar-refractivity contribution in [3.05, 3.63) is 60.2 Å². The van der Waals surface area contributed by atoms with Crippen LogP contribution in [0.15, 0.2) is 54.6 Å². The first-order valence-corrected chi connectivity index (χ1v) is 6.60. The summed E-state index contributed by atoms with van der Waals surface area (Å²) in [7, 11) is 1.57. The monoisotopic (exact) mass is 286 g/mol. The molecule has 0 saturated carbocycles. The first-order chi connectivity index (χ1) is 10.2. The first-order valence-electron chi connectivity index (χ1n) is 6.60. The summed E-state index contributed by atoms with van der Waals surface area (Å²) in [6, 6.07) is 15.5. The highest BCUT2D eigenvalue weighted by Crippen LogP contribution is 2.17. The maximum Gasteiger partial charge on any atom is 0.319 e. The molecule has 0 radical (unpaired) electrons. The third-order valence-electron chi connectivity index (χ3n) is 3.02. The normalized spacial score (nSPS) is 11.5. The second-order valence-electron chi connectivity index (χ2n) is 4.48. The van der Waals surface area contributed by atoms with Crippen molar-refractivity contribution in [1.29, 1.82) is 0 Å². The lowest BCUT2D eigenvalue weighted by molar-refractivity contribution is 0.225. The standard InChI is InChI=1S/C16H18N2O3/c1-21-14-9-5-8-13(10-14)17-16(20)18-15(11-19)12-6-3-2-4-7-12/h2-10,15,19H,11H2,1H3,(H2,17,18,20)/t15-/m1/s1. The number of urea groups is 1. The van der Waals surface area contributed by atoms with Crippen molar-refractivity contribution in [1.82, 2.24) is 5.32 Å². The fourth-order valence-corrected chi connectivity index (χ4v) is 1.95. The number of rotatable bonds is 5. The molecule has 0 fully saturated rings. The number of hydrogen-bond acceptors (Lipinski definition) is 3. The number of aliphatic hydroxyl groups is 1. The van der Waals surface area contributed by atoms with E-state index in [1.165, 1.54) is 0 Å². The van der Waals surface area contributed by atoms with Crippen molar-refractivity contribution in [2.45, 2.75) is 6.04 Å². The van der Waals surface area contributed by atoms with Gasteiger partial charge in [-0.15, -0.1) is 0 Å². The van der Waals surface area contributed by atoms with Gasteiger partial charge in [-0.3, -0.25) is 0 Å². The van der Waals surface area contributed by atoms with E-state index in [0.717, 1.165) is 5.56 Å². The first kappa shape index (κ1) is 14.9. The van der Waals surface area contributed by atoms with E-state index in [1.54, 1.807) is 31.4 Å². The molecular formula is C16H18N2O3. The summed E-state index contributed by atoms with van der Waals surface area (Å²) in [5.41, 5.74) is 1.47. The van der Waals surface area contributed by atoms with E-state index in [1.807, 2.05) is 30.3 Å². The summed E-state index contributed by atoms with van der Waals surface area (Å²) >= 11 is 0. The molecule has 0 bridgehead atoms. The Bertz CT molecular complexity index is 587. The van der Waals surface area contributed by atoms with Gasteiger partial charge in [-0.25, -0.2) is 4.79 Å². The topological polar surface area (TPSA) is 70.6 Å². The van der Waals surface area contributed by atoms with Crippen molar-refractivity contribution >= 4 is 11.7 Å². The van der Waals surface area contributed by atoms with Crippen molar-refractivity contribution in [2.75, 3.05) is 19.0 Å². The molecule has 5 heteroatoms. The maximum atomic E-state index is 12.0. The Morgan fingerprint density at radius 3 is 2.62 bits per heavy atom. The molecule has 1 atom stereocenters. The van der Waals surface area contributed by atoms with E-state index in [9.17, 15) is 9.90 Å². The minimum Gasteiger partial charge on any atom is -0.497 e. The zero-order chi connectivity index (χ0) is 15.1. The van der Waals surface area contributed by atoms with E-state index in [2.05, 4.69) is 10.6 Å². The summed E-state index contributed by atoms with van der Waals surface area (Å²) in [4.78, 5) is 12.0. The van der Waals surface area contributed by atoms with E-state index in [-0.39, 0.29) is 12.6 Å². The lowest BCUT2D eigenvalue weighted by Gasteiger charge is -2.17. The van der Waals surface area contributed by atoms with Gasteiger partial charge in [0.05, 0.1) is 19.8 Å². The van der Waals surface area contributed by atoms with Gasteiger partial charge in [0, 0.05) is 11.8 Å². The molecule has 0 aliphatic heterocycles. The molecule has 0 unspecified atom stereocenters. The van der Waals surface area contributed by atoms with Gasteiger partial charge in [-0.2, -0.15) is 0 Å². The SMILES string of the molecule is COc1cccc(NC(=O)N[C@H](CO)c2ccccc2)c1. The summed E-state index contributed by atoms with van der Waals surface area (Å²) < 4.78 is 5.10. The number of methoxy groups -OCH3 is 1. The average Bonchev–Trinajstić information content (AvgIpc) is 2.53. The fraction of sp³-hybridized carbons (Fsp3) is 0.188. The predicted molar refractivity (Wildman–Crippen MR) is 81.4 cm³/mol. The van der Waals surface area contributed by atoms with Crippen LogP contribution in [0, 0.1) is 0 Å². The number of ether oxygens (including phenoxy) is 1. The second-order valence-corrected chi connectivity index (χ2v) is 4.48. The quantitative estimate of drug-likeness (QED) is 0.791. The van der Waals surface area contributed by atoms with Gasteiger partial charge >= 0.3 is 6.03 Å². The summed E-state index contributed by atoms with van der Waals surface area (Å²) in [6.07, 6.45) is 0. The van der Waals surface area contributed by atoms with Crippen LogP contribution in [-0.4, -0.2) is 24.9 Å². The Hall–Kier alpha value is -2.53. The van der Waals surface area contributed by atoms with Crippen molar-refractivity contribution in [3.63, 3.8) is 0 Å². The molecule has 0 aliphatic rings. The van der Waals surface area contributed by atoms with Crippen molar-refractivity contribution in [3.8, 4) is 5.75 Å². The third kappa shape index (κ3) is 4.22. The fourth-order valence-electron chi connectivity index (χ4n) is 1.95. The summed E-state index contributed by atoms with van der Waals surface area (Å²) in [6.45, 7) is -0.171. The molecule has 0 aromatic heterocycles. The Labute approximate surface area is 123 Å². The smallest absolute Gasteiger partial charge is 0.319 e. The molecule has 0 saturated heterocycles. The highest BCUT2D eigenvalue weighted by molar-refractivity contribution is 5.89. The number of carbonyl (C=O) groups excluding carboxylic acids is 1. The van der Waals surface area contributed by atoms with E-state index < -0.39 is 6.04 Å². The minimum atomic E-state index is -0.447. The highest BCUT2D eigenvalue weighted by atomic mass is 16.5. The number of nitrogens with one attached hydrogen (secondary N) is 2. The lowest BCUT2D eigenvalue weighted by Crippen LogP contribution is -2.34. The molecule has 3 N–H and O–H groups in total. The van der Waals surface area contributed by atoms with Crippen LogP contribution in [0.2, 0.25) is 0 Å². The van der Waals surface area contributed by atoms with E-state index >= 15 is 0 Å². The number of carbonyl (C=O) groups is 1. The molecule has 0 heterocycles.